The molecule has 0 fully saturated rings. The van der Waals surface area contributed by atoms with Crippen LogP contribution in [0.1, 0.15) is 12.5 Å². The van der Waals surface area contributed by atoms with Crippen molar-refractivity contribution >= 4 is 34.2 Å². The largest absolute Gasteiger partial charge is 0.351 e. The molecule has 3 amide bonds. The number of rotatable bonds is 5. The van der Waals surface area contributed by atoms with Gasteiger partial charge >= 0.3 is 6.03 Å². The van der Waals surface area contributed by atoms with Gasteiger partial charge in [0, 0.05) is 35.0 Å². The number of nitrogens with one attached hydrogen (secondary N) is 2. The number of aromatic nitrogens is 1. The van der Waals surface area contributed by atoms with E-state index in [2.05, 4.69) is 28.2 Å². The second-order valence-corrected chi connectivity index (χ2v) is 5.75. The summed E-state index contributed by atoms with van der Waals surface area (Å²) in [7, 11) is 0. The summed E-state index contributed by atoms with van der Waals surface area (Å²) in [5.41, 5.74) is 8.45. The Labute approximate surface area is 145 Å². The molecule has 0 atom stereocenters. The second-order valence-electron chi connectivity index (χ2n) is 5.75. The third-order valence-corrected chi connectivity index (χ3v) is 4.00. The Hall–Kier alpha value is -3.28. The van der Waals surface area contributed by atoms with Crippen molar-refractivity contribution in [1.29, 1.82) is 0 Å². The van der Waals surface area contributed by atoms with E-state index in [9.17, 15) is 9.59 Å². The minimum atomic E-state index is -0.621. The van der Waals surface area contributed by atoms with Gasteiger partial charge in [-0.3, -0.25) is 4.79 Å². The number of carbonyl (C=O) groups is 2. The summed E-state index contributed by atoms with van der Waals surface area (Å²) in [6, 6.07) is 14.3. The van der Waals surface area contributed by atoms with Crippen LogP contribution in [-0.2, 0) is 17.8 Å². The number of amides is 3. The lowest BCUT2D eigenvalue weighted by Gasteiger charge is -2.06. The normalized spacial score (nSPS) is 10.6. The number of fused-ring (bicyclic) bond motifs is 1. The monoisotopic (exact) mass is 336 g/mol. The molecule has 1 heterocycles. The van der Waals surface area contributed by atoms with Crippen molar-refractivity contribution in [2.45, 2.75) is 19.9 Å². The Bertz CT molecular complexity index is 913. The number of primary amides is 1. The van der Waals surface area contributed by atoms with Crippen LogP contribution in [0.2, 0.25) is 0 Å². The summed E-state index contributed by atoms with van der Waals surface area (Å²) in [6.07, 6.45) is 2.33. The number of nitrogens with two attached hydrogens (primary N) is 1. The number of nitrogens with zero attached hydrogens (tertiary/aromatic N) is 1. The first-order chi connectivity index (χ1) is 12.1. The maximum Gasteiger partial charge on any atom is 0.316 e. The van der Waals surface area contributed by atoms with Crippen LogP contribution in [-0.4, -0.2) is 16.5 Å². The van der Waals surface area contributed by atoms with E-state index >= 15 is 0 Å². The van der Waals surface area contributed by atoms with Crippen molar-refractivity contribution in [3.63, 3.8) is 0 Å². The van der Waals surface area contributed by atoms with Gasteiger partial charge < -0.3 is 20.9 Å². The van der Waals surface area contributed by atoms with E-state index in [-0.39, 0.29) is 5.91 Å². The fourth-order valence-corrected chi connectivity index (χ4v) is 2.88. The molecule has 6 heteroatoms. The van der Waals surface area contributed by atoms with Crippen molar-refractivity contribution in [2.75, 3.05) is 10.6 Å². The smallest absolute Gasteiger partial charge is 0.316 e. The van der Waals surface area contributed by atoms with Crippen LogP contribution in [0.3, 0.4) is 0 Å². The number of aryl methyl sites for hydroxylation is 1. The summed E-state index contributed by atoms with van der Waals surface area (Å²) in [6.45, 7) is 2.94. The third-order valence-electron chi connectivity index (χ3n) is 4.00. The molecule has 6 nitrogen and oxygen atoms in total. The standard InChI is InChI=1S/C19H20N4O2/c1-2-23-12-13(16-5-3-4-6-17(16)23)11-18(24)21-14-7-9-15(10-8-14)22-19(20)25/h3-10,12H,2,11H2,1H3,(H,21,24)(H3,20,22,25). The molecule has 0 saturated carbocycles. The lowest BCUT2D eigenvalue weighted by Crippen LogP contribution is -2.19. The molecule has 3 aromatic rings. The molecule has 0 aliphatic carbocycles. The van der Waals surface area contributed by atoms with Crippen LogP contribution < -0.4 is 16.4 Å². The first-order valence-corrected chi connectivity index (χ1v) is 8.10. The maximum atomic E-state index is 12.4. The lowest BCUT2D eigenvalue weighted by molar-refractivity contribution is -0.115. The first-order valence-electron chi connectivity index (χ1n) is 8.10. The number of benzene rings is 2. The molecule has 0 aliphatic rings. The molecular formula is C19H20N4O2. The van der Waals surface area contributed by atoms with E-state index in [1.807, 2.05) is 24.4 Å². The van der Waals surface area contributed by atoms with Gasteiger partial charge in [-0.1, -0.05) is 18.2 Å². The summed E-state index contributed by atoms with van der Waals surface area (Å²) in [5.74, 6) is -0.0883. The van der Waals surface area contributed by atoms with Crippen molar-refractivity contribution in [2.24, 2.45) is 5.73 Å². The molecule has 0 aliphatic heterocycles. The Morgan fingerprint density at radius 1 is 1.00 bits per heavy atom. The summed E-state index contributed by atoms with van der Waals surface area (Å²) in [5, 5.41) is 6.45. The van der Waals surface area contributed by atoms with Gasteiger partial charge in [0.05, 0.1) is 6.42 Å². The zero-order valence-electron chi connectivity index (χ0n) is 14.0. The minimum absolute atomic E-state index is 0.0883. The number of para-hydroxylation sites is 1. The summed E-state index contributed by atoms with van der Waals surface area (Å²) < 4.78 is 2.14. The van der Waals surface area contributed by atoms with Crippen molar-refractivity contribution in [3.05, 3.63) is 60.3 Å². The van der Waals surface area contributed by atoms with Gasteiger partial charge in [-0.25, -0.2) is 4.79 Å². The number of hydrogen-bond acceptors (Lipinski definition) is 2. The Morgan fingerprint density at radius 2 is 1.64 bits per heavy atom. The van der Waals surface area contributed by atoms with E-state index in [4.69, 9.17) is 5.73 Å². The van der Waals surface area contributed by atoms with Gasteiger partial charge in [-0.05, 0) is 42.8 Å². The fraction of sp³-hybridized carbons (Fsp3) is 0.158. The van der Waals surface area contributed by atoms with E-state index < -0.39 is 6.03 Å². The van der Waals surface area contributed by atoms with Gasteiger partial charge in [0.1, 0.15) is 0 Å². The Balaban J connectivity index is 1.72. The number of urea groups is 1. The van der Waals surface area contributed by atoms with Crippen LogP contribution in [0.25, 0.3) is 10.9 Å². The molecule has 2 aromatic carbocycles. The van der Waals surface area contributed by atoms with Crippen LogP contribution in [0, 0.1) is 0 Å². The van der Waals surface area contributed by atoms with Gasteiger partial charge in [-0.2, -0.15) is 0 Å². The quantitative estimate of drug-likeness (QED) is 0.667. The first kappa shape index (κ1) is 16.6. The van der Waals surface area contributed by atoms with Crippen molar-refractivity contribution in [3.8, 4) is 0 Å². The van der Waals surface area contributed by atoms with Gasteiger partial charge in [0.15, 0.2) is 0 Å². The molecule has 0 saturated heterocycles. The van der Waals surface area contributed by atoms with Crippen molar-refractivity contribution in [1.82, 2.24) is 4.57 Å². The summed E-state index contributed by atoms with van der Waals surface area (Å²) >= 11 is 0. The summed E-state index contributed by atoms with van der Waals surface area (Å²) in [4.78, 5) is 23.2. The maximum absolute atomic E-state index is 12.4. The molecule has 3 rings (SSSR count). The topological polar surface area (TPSA) is 89.2 Å². The average molecular weight is 336 g/mol. The molecule has 0 bridgehead atoms. The zero-order chi connectivity index (χ0) is 17.8. The van der Waals surface area contributed by atoms with Crippen LogP contribution in [0.4, 0.5) is 16.2 Å². The highest BCUT2D eigenvalue weighted by molar-refractivity contribution is 5.96. The number of hydrogen-bond donors (Lipinski definition) is 3. The molecule has 128 valence electrons. The van der Waals surface area contributed by atoms with E-state index in [1.165, 1.54) is 0 Å². The lowest BCUT2D eigenvalue weighted by atomic mass is 10.1. The highest BCUT2D eigenvalue weighted by Gasteiger charge is 2.11. The van der Waals surface area contributed by atoms with Gasteiger partial charge in [-0.15, -0.1) is 0 Å². The number of anilines is 2. The van der Waals surface area contributed by atoms with Gasteiger partial charge in [0.2, 0.25) is 5.91 Å². The molecule has 0 unspecified atom stereocenters. The second kappa shape index (κ2) is 7.09. The van der Waals surface area contributed by atoms with Crippen LogP contribution >= 0.6 is 0 Å². The van der Waals surface area contributed by atoms with Gasteiger partial charge in [0.25, 0.3) is 0 Å². The molecular weight excluding hydrogens is 316 g/mol. The van der Waals surface area contributed by atoms with Crippen LogP contribution in [0.5, 0.6) is 0 Å². The SMILES string of the molecule is CCn1cc(CC(=O)Nc2ccc(NC(N)=O)cc2)c2ccccc21. The fourth-order valence-electron chi connectivity index (χ4n) is 2.88. The van der Waals surface area contributed by atoms with Crippen LogP contribution in [0.15, 0.2) is 54.7 Å². The highest BCUT2D eigenvalue weighted by Crippen LogP contribution is 2.22. The molecule has 4 N–H and O–H groups in total. The minimum Gasteiger partial charge on any atom is -0.351 e. The zero-order valence-corrected chi connectivity index (χ0v) is 14.0. The Morgan fingerprint density at radius 3 is 2.28 bits per heavy atom. The molecule has 25 heavy (non-hydrogen) atoms. The van der Waals surface area contributed by atoms with Crippen molar-refractivity contribution < 1.29 is 9.59 Å². The highest BCUT2D eigenvalue weighted by atomic mass is 16.2. The van der Waals surface area contributed by atoms with E-state index in [0.29, 0.717) is 17.8 Å². The Kier molecular flexibility index (Phi) is 4.70. The average Bonchev–Trinajstić information content (AvgIpc) is 2.94. The molecule has 0 radical (unpaired) electrons. The predicted molar refractivity (Wildman–Crippen MR) is 99.6 cm³/mol. The number of carbonyl (C=O) groups excluding carboxylic acids is 2. The van der Waals surface area contributed by atoms with E-state index in [1.54, 1.807) is 24.3 Å². The molecule has 1 aromatic heterocycles. The predicted octanol–water partition coefficient (Wildman–Crippen LogP) is 3.33. The molecule has 0 spiro atoms. The third kappa shape index (κ3) is 3.80. The van der Waals surface area contributed by atoms with E-state index in [0.717, 1.165) is 23.0 Å².